The Morgan fingerprint density at radius 3 is 2.77 bits per heavy atom. The van der Waals surface area contributed by atoms with E-state index in [2.05, 4.69) is 15.8 Å². The van der Waals surface area contributed by atoms with Crippen LogP contribution in [0.3, 0.4) is 0 Å². The third-order valence-corrected chi connectivity index (χ3v) is 3.15. The molecule has 2 rings (SSSR count). The van der Waals surface area contributed by atoms with Crippen molar-refractivity contribution < 1.29 is 18.1 Å². The summed E-state index contributed by atoms with van der Waals surface area (Å²) in [5.74, 6) is -0.591. The lowest BCUT2D eigenvalue weighted by Gasteiger charge is -2.18. The molecule has 0 radical (unpaired) electrons. The van der Waals surface area contributed by atoms with Crippen molar-refractivity contribution >= 4 is 6.03 Å². The molecule has 1 heterocycles. The topological polar surface area (TPSA) is 67.2 Å². The van der Waals surface area contributed by atoms with Crippen molar-refractivity contribution in [2.75, 3.05) is 0 Å². The molecular weight excluding hydrogens is 292 g/mol. The zero-order valence-corrected chi connectivity index (χ0v) is 12.3. The number of halogens is 2. The van der Waals surface area contributed by atoms with Gasteiger partial charge in [0.05, 0.1) is 18.3 Å². The number of hydrogen-bond acceptors (Lipinski definition) is 3. The molecule has 0 fully saturated rings. The van der Waals surface area contributed by atoms with Gasteiger partial charge in [0.2, 0.25) is 0 Å². The van der Waals surface area contributed by atoms with Gasteiger partial charge in [0.1, 0.15) is 11.6 Å². The lowest BCUT2D eigenvalue weighted by molar-refractivity contribution is 0.234. The minimum atomic E-state index is -0.618. The second-order valence-electron chi connectivity index (χ2n) is 4.89. The highest BCUT2D eigenvalue weighted by Gasteiger charge is 2.17. The Labute approximate surface area is 126 Å². The van der Waals surface area contributed by atoms with Crippen LogP contribution in [-0.2, 0) is 6.54 Å². The molecule has 2 aromatic rings. The van der Waals surface area contributed by atoms with E-state index in [9.17, 15) is 13.6 Å². The van der Waals surface area contributed by atoms with Gasteiger partial charge in [-0.05, 0) is 31.5 Å². The molecule has 1 aromatic heterocycles. The summed E-state index contributed by atoms with van der Waals surface area (Å²) in [5.41, 5.74) is 0.832. The van der Waals surface area contributed by atoms with Crippen molar-refractivity contribution in [3.8, 4) is 0 Å². The fourth-order valence-corrected chi connectivity index (χ4v) is 2.06. The SMILES string of the molecule is CC[C@@H](NC(=O)NCc1cc(C)no1)c1cc(F)ccc1F. The molecule has 22 heavy (non-hydrogen) atoms. The summed E-state index contributed by atoms with van der Waals surface area (Å²) in [7, 11) is 0. The molecule has 118 valence electrons. The molecule has 1 aromatic carbocycles. The summed E-state index contributed by atoms with van der Waals surface area (Å²) in [6.07, 6.45) is 0.426. The second-order valence-corrected chi connectivity index (χ2v) is 4.89. The Morgan fingerprint density at radius 1 is 1.36 bits per heavy atom. The van der Waals surface area contributed by atoms with E-state index in [1.807, 2.05) is 0 Å². The fourth-order valence-electron chi connectivity index (χ4n) is 2.06. The van der Waals surface area contributed by atoms with Crippen LogP contribution < -0.4 is 10.6 Å². The number of aromatic nitrogens is 1. The molecule has 0 aliphatic carbocycles. The smallest absolute Gasteiger partial charge is 0.315 e. The Morgan fingerprint density at radius 2 is 2.14 bits per heavy atom. The van der Waals surface area contributed by atoms with Crippen molar-refractivity contribution in [3.05, 3.63) is 52.9 Å². The molecule has 5 nitrogen and oxygen atoms in total. The average Bonchev–Trinajstić information content (AvgIpc) is 2.91. The molecule has 0 unspecified atom stereocenters. The third-order valence-electron chi connectivity index (χ3n) is 3.15. The summed E-state index contributed by atoms with van der Waals surface area (Å²) in [6, 6.07) is 3.76. The Hall–Kier alpha value is -2.44. The van der Waals surface area contributed by atoms with E-state index < -0.39 is 23.7 Å². The fraction of sp³-hybridized carbons (Fsp3) is 0.333. The van der Waals surface area contributed by atoms with Crippen LogP contribution in [0.1, 0.15) is 36.4 Å². The van der Waals surface area contributed by atoms with Crippen molar-refractivity contribution in [2.45, 2.75) is 32.9 Å². The van der Waals surface area contributed by atoms with Crippen molar-refractivity contribution in [1.29, 1.82) is 0 Å². The van der Waals surface area contributed by atoms with Crippen molar-refractivity contribution in [1.82, 2.24) is 15.8 Å². The average molecular weight is 309 g/mol. The first-order chi connectivity index (χ1) is 10.5. The number of nitrogens with zero attached hydrogens (tertiary/aromatic N) is 1. The molecule has 7 heteroatoms. The molecule has 2 amide bonds. The number of hydrogen-bond donors (Lipinski definition) is 2. The lowest BCUT2D eigenvalue weighted by Crippen LogP contribution is -2.37. The monoisotopic (exact) mass is 309 g/mol. The maximum Gasteiger partial charge on any atom is 0.315 e. The minimum absolute atomic E-state index is 0.119. The Kier molecular flexibility index (Phi) is 5.08. The molecule has 0 saturated heterocycles. The van der Waals surface area contributed by atoms with Gasteiger partial charge < -0.3 is 15.2 Å². The van der Waals surface area contributed by atoms with Gasteiger partial charge in [-0.2, -0.15) is 0 Å². The standard InChI is InChI=1S/C15H17F2N3O2/c1-3-14(12-7-10(16)4-5-13(12)17)19-15(21)18-8-11-6-9(2)20-22-11/h4-7,14H,3,8H2,1-2H3,(H2,18,19,21)/t14-/m1/s1. The maximum atomic E-state index is 13.7. The van der Waals surface area contributed by atoms with E-state index in [0.717, 1.165) is 18.2 Å². The van der Waals surface area contributed by atoms with Crippen LogP contribution in [0.5, 0.6) is 0 Å². The van der Waals surface area contributed by atoms with E-state index in [1.54, 1.807) is 19.9 Å². The number of benzene rings is 1. The third kappa shape index (κ3) is 4.03. The first kappa shape index (κ1) is 15.9. The summed E-state index contributed by atoms with van der Waals surface area (Å²) in [5, 5.41) is 8.89. The lowest BCUT2D eigenvalue weighted by atomic mass is 10.0. The second kappa shape index (κ2) is 7.02. The van der Waals surface area contributed by atoms with Crippen LogP contribution in [0.25, 0.3) is 0 Å². The number of nitrogens with one attached hydrogen (secondary N) is 2. The molecule has 0 bridgehead atoms. The van der Waals surface area contributed by atoms with Gasteiger partial charge in [0, 0.05) is 11.6 Å². The zero-order valence-electron chi connectivity index (χ0n) is 12.3. The molecule has 1 atom stereocenters. The first-order valence-corrected chi connectivity index (χ1v) is 6.91. The maximum absolute atomic E-state index is 13.7. The van der Waals surface area contributed by atoms with Crippen LogP contribution >= 0.6 is 0 Å². The zero-order chi connectivity index (χ0) is 16.1. The molecule has 2 N–H and O–H groups in total. The van der Waals surface area contributed by atoms with E-state index >= 15 is 0 Å². The molecule has 0 aliphatic rings. The van der Waals surface area contributed by atoms with Gasteiger partial charge in [-0.15, -0.1) is 0 Å². The van der Waals surface area contributed by atoms with Crippen molar-refractivity contribution in [3.63, 3.8) is 0 Å². The summed E-state index contributed by atoms with van der Waals surface area (Å²) in [6.45, 7) is 3.71. The number of carbonyl (C=O) groups excluding carboxylic acids is 1. The summed E-state index contributed by atoms with van der Waals surface area (Å²) in [4.78, 5) is 11.9. The number of amides is 2. The highest BCUT2D eigenvalue weighted by atomic mass is 19.1. The molecular formula is C15H17F2N3O2. The molecule has 0 aliphatic heterocycles. The number of carbonyl (C=O) groups is 1. The van der Waals surface area contributed by atoms with E-state index in [-0.39, 0.29) is 12.1 Å². The largest absolute Gasteiger partial charge is 0.359 e. The van der Waals surface area contributed by atoms with Gasteiger partial charge in [0.15, 0.2) is 5.76 Å². The van der Waals surface area contributed by atoms with Crippen LogP contribution in [-0.4, -0.2) is 11.2 Å². The van der Waals surface area contributed by atoms with Crippen molar-refractivity contribution in [2.24, 2.45) is 0 Å². The Bertz CT molecular complexity index is 658. The van der Waals surface area contributed by atoms with Gasteiger partial charge in [-0.1, -0.05) is 12.1 Å². The predicted molar refractivity (Wildman–Crippen MR) is 76.0 cm³/mol. The quantitative estimate of drug-likeness (QED) is 0.891. The summed E-state index contributed by atoms with van der Waals surface area (Å²) < 4.78 is 32.0. The molecule has 0 saturated carbocycles. The first-order valence-electron chi connectivity index (χ1n) is 6.91. The Balaban J connectivity index is 1.97. The van der Waals surface area contributed by atoms with E-state index in [0.29, 0.717) is 17.9 Å². The van der Waals surface area contributed by atoms with Crippen LogP contribution in [0.15, 0.2) is 28.8 Å². The minimum Gasteiger partial charge on any atom is -0.359 e. The normalized spacial score (nSPS) is 12.0. The van der Waals surface area contributed by atoms with E-state index in [1.165, 1.54) is 0 Å². The highest BCUT2D eigenvalue weighted by molar-refractivity contribution is 5.74. The van der Waals surface area contributed by atoms with Gasteiger partial charge >= 0.3 is 6.03 Å². The van der Waals surface area contributed by atoms with E-state index in [4.69, 9.17) is 4.52 Å². The van der Waals surface area contributed by atoms with Gasteiger partial charge in [-0.3, -0.25) is 0 Å². The number of urea groups is 1. The van der Waals surface area contributed by atoms with Gasteiger partial charge in [-0.25, -0.2) is 13.6 Å². The van der Waals surface area contributed by atoms with Crippen LogP contribution in [0, 0.1) is 18.6 Å². The van der Waals surface area contributed by atoms with Crippen LogP contribution in [0.2, 0.25) is 0 Å². The highest BCUT2D eigenvalue weighted by Crippen LogP contribution is 2.21. The van der Waals surface area contributed by atoms with Gasteiger partial charge in [0.25, 0.3) is 0 Å². The predicted octanol–water partition coefficient (Wildman–Crippen LogP) is 3.21. The number of aryl methyl sites for hydroxylation is 1. The molecule has 0 spiro atoms. The number of rotatable bonds is 5. The van der Waals surface area contributed by atoms with Crippen LogP contribution in [0.4, 0.5) is 13.6 Å². The summed E-state index contributed by atoms with van der Waals surface area (Å²) >= 11 is 0.